The second-order valence-electron chi connectivity index (χ2n) is 12.8. The molecule has 0 amide bonds. The molecule has 0 bridgehead atoms. The number of hydrogen-bond acceptors (Lipinski definition) is 1. The largest absolute Gasteiger partial charge is 0.353 e. The SMILES string of the molecule is CC1(C)c2ccccc2N2c3cc4ccccc4c(-c4cccc5c4[nH]c4c6ccccc6ccc54)c3[B]c3cccc1c32. The van der Waals surface area contributed by atoms with Crippen LogP contribution >= 0.6 is 0 Å². The van der Waals surface area contributed by atoms with Gasteiger partial charge in [-0.25, -0.2) is 0 Å². The predicted molar refractivity (Wildman–Crippen MR) is 188 cm³/mol. The van der Waals surface area contributed by atoms with Gasteiger partial charge in [-0.3, -0.25) is 0 Å². The summed E-state index contributed by atoms with van der Waals surface area (Å²) >= 11 is 0. The average Bonchev–Trinajstić information content (AvgIpc) is 3.45. The van der Waals surface area contributed by atoms with Gasteiger partial charge in [-0.15, -0.1) is 0 Å². The van der Waals surface area contributed by atoms with Crippen molar-refractivity contribution in [3.8, 4) is 11.1 Å². The number of para-hydroxylation sites is 3. The molecule has 0 saturated heterocycles. The normalized spacial score (nSPS) is 14.5. The third-order valence-electron chi connectivity index (χ3n) is 10.2. The Hall–Kier alpha value is -5.28. The molecule has 10 rings (SSSR count). The Morgan fingerprint density at radius 3 is 2.18 bits per heavy atom. The summed E-state index contributed by atoms with van der Waals surface area (Å²) in [5.41, 5.74) is 13.9. The molecule has 0 spiro atoms. The van der Waals surface area contributed by atoms with Gasteiger partial charge in [-0.2, -0.15) is 0 Å². The van der Waals surface area contributed by atoms with Gasteiger partial charge in [-0.05, 0) is 50.4 Å². The number of H-pyrrole nitrogens is 1. The first kappa shape index (κ1) is 24.2. The van der Waals surface area contributed by atoms with Gasteiger partial charge in [0.05, 0.1) is 16.7 Å². The molecule has 0 aliphatic carbocycles. The number of nitrogens with one attached hydrogen (secondary N) is 1. The molecule has 2 nitrogen and oxygen atoms in total. The second-order valence-corrected chi connectivity index (χ2v) is 12.8. The van der Waals surface area contributed by atoms with E-state index in [-0.39, 0.29) is 5.41 Å². The fourth-order valence-corrected chi connectivity index (χ4v) is 8.15. The Bertz CT molecular complexity index is 2520. The van der Waals surface area contributed by atoms with Gasteiger partial charge < -0.3 is 9.88 Å². The van der Waals surface area contributed by atoms with Crippen molar-refractivity contribution in [1.82, 2.24) is 4.98 Å². The zero-order chi connectivity index (χ0) is 29.2. The number of benzene rings is 7. The highest BCUT2D eigenvalue weighted by Crippen LogP contribution is 2.52. The van der Waals surface area contributed by atoms with Crippen LogP contribution in [0.3, 0.4) is 0 Å². The topological polar surface area (TPSA) is 19.0 Å². The highest BCUT2D eigenvalue weighted by Gasteiger charge is 2.41. The summed E-state index contributed by atoms with van der Waals surface area (Å²) in [5, 5.41) is 7.55. The summed E-state index contributed by atoms with van der Waals surface area (Å²) in [6, 6.07) is 47.0. The summed E-state index contributed by atoms with van der Waals surface area (Å²) in [6.07, 6.45) is 0. The quantitative estimate of drug-likeness (QED) is 0.199. The van der Waals surface area contributed by atoms with E-state index in [0.29, 0.717) is 0 Å². The number of nitrogens with zero attached hydrogens (tertiary/aromatic N) is 1. The van der Waals surface area contributed by atoms with Crippen molar-refractivity contribution < 1.29 is 0 Å². The van der Waals surface area contributed by atoms with Crippen LogP contribution in [-0.4, -0.2) is 12.3 Å². The van der Waals surface area contributed by atoms with Crippen molar-refractivity contribution in [2.45, 2.75) is 19.3 Å². The Morgan fingerprint density at radius 2 is 1.27 bits per heavy atom. The maximum atomic E-state index is 3.92. The summed E-state index contributed by atoms with van der Waals surface area (Å²) in [5.74, 6) is 0. The van der Waals surface area contributed by atoms with Crippen LogP contribution in [0.1, 0.15) is 25.0 Å². The van der Waals surface area contributed by atoms with Gasteiger partial charge in [0, 0.05) is 38.5 Å². The zero-order valence-corrected chi connectivity index (χ0v) is 24.6. The van der Waals surface area contributed by atoms with Crippen molar-refractivity contribution in [3.63, 3.8) is 0 Å². The molecule has 1 N–H and O–H groups in total. The van der Waals surface area contributed by atoms with E-state index in [4.69, 9.17) is 0 Å². The lowest BCUT2D eigenvalue weighted by Gasteiger charge is -2.46. The van der Waals surface area contributed by atoms with Crippen LogP contribution in [0.15, 0.2) is 127 Å². The van der Waals surface area contributed by atoms with Crippen LogP contribution in [0.5, 0.6) is 0 Å². The van der Waals surface area contributed by atoms with Gasteiger partial charge in [0.15, 0.2) is 7.28 Å². The van der Waals surface area contributed by atoms with Crippen LogP contribution in [-0.2, 0) is 5.41 Å². The van der Waals surface area contributed by atoms with E-state index in [1.165, 1.54) is 93.6 Å². The van der Waals surface area contributed by atoms with E-state index in [9.17, 15) is 0 Å². The van der Waals surface area contributed by atoms with E-state index in [2.05, 4.69) is 158 Å². The number of rotatable bonds is 1. The monoisotopic (exact) mass is 559 g/mol. The van der Waals surface area contributed by atoms with E-state index >= 15 is 0 Å². The predicted octanol–water partition coefficient (Wildman–Crippen LogP) is 9.37. The molecule has 0 saturated carbocycles. The Kier molecular flexibility index (Phi) is 4.63. The number of aromatic nitrogens is 1. The summed E-state index contributed by atoms with van der Waals surface area (Å²) in [4.78, 5) is 6.46. The Labute approximate surface area is 256 Å². The molecule has 8 aromatic rings. The fourth-order valence-electron chi connectivity index (χ4n) is 8.15. The highest BCUT2D eigenvalue weighted by atomic mass is 15.2. The summed E-state index contributed by atoms with van der Waals surface area (Å²) in [7, 11) is 2.44. The first-order chi connectivity index (χ1) is 21.6. The van der Waals surface area contributed by atoms with Crippen molar-refractivity contribution in [1.29, 1.82) is 0 Å². The van der Waals surface area contributed by atoms with Crippen LogP contribution in [0.25, 0.3) is 54.5 Å². The highest BCUT2D eigenvalue weighted by molar-refractivity contribution is 6.74. The summed E-state index contributed by atoms with van der Waals surface area (Å²) < 4.78 is 0. The maximum absolute atomic E-state index is 3.92. The Balaban J connectivity index is 1.34. The number of fused-ring (bicyclic) bond motifs is 10. The number of anilines is 3. The maximum Gasteiger partial charge on any atom is 0.197 e. The van der Waals surface area contributed by atoms with Crippen LogP contribution in [0, 0.1) is 0 Å². The molecular weight excluding hydrogens is 531 g/mol. The van der Waals surface area contributed by atoms with E-state index in [0.717, 1.165) is 0 Å². The molecule has 1 radical (unpaired) electrons. The van der Waals surface area contributed by atoms with E-state index in [1.54, 1.807) is 0 Å². The lowest BCUT2D eigenvalue weighted by atomic mass is 9.55. The van der Waals surface area contributed by atoms with Crippen molar-refractivity contribution >= 4 is 78.6 Å². The van der Waals surface area contributed by atoms with Gasteiger partial charge >= 0.3 is 0 Å². The van der Waals surface area contributed by atoms with Gasteiger partial charge in [0.25, 0.3) is 0 Å². The lowest BCUT2D eigenvalue weighted by Crippen LogP contribution is -2.45. The molecule has 3 heterocycles. The third kappa shape index (κ3) is 3.01. The van der Waals surface area contributed by atoms with Gasteiger partial charge in [0.1, 0.15) is 0 Å². The van der Waals surface area contributed by atoms with Crippen LogP contribution < -0.4 is 15.8 Å². The zero-order valence-electron chi connectivity index (χ0n) is 24.6. The smallest absolute Gasteiger partial charge is 0.197 e. The average molecular weight is 560 g/mol. The van der Waals surface area contributed by atoms with E-state index < -0.39 is 0 Å². The van der Waals surface area contributed by atoms with Crippen LogP contribution in [0.4, 0.5) is 17.1 Å². The van der Waals surface area contributed by atoms with Gasteiger partial charge in [-0.1, -0.05) is 135 Å². The van der Waals surface area contributed by atoms with Gasteiger partial charge in [0.2, 0.25) is 0 Å². The van der Waals surface area contributed by atoms with Crippen molar-refractivity contribution in [3.05, 3.63) is 139 Å². The molecule has 205 valence electrons. The lowest BCUT2D eigenvalue weighted by molar-refractivity contribution is 0.632. The molecule has 1 aromatic heterocycles. The van der Waals surface area contributed by atoms with Crippen molar-refractivity contribution in [2.75, 3.05) is 4.90 Å². The molecule has 3 heteroatoms. The standard InChI is InChI=1S/C41H28BN2/c1-41(2)31-17-7-8-20-34(31)44-35-23-25-12-4-5-13-26(25)36(37(35)42-33-19-10-18-32(41)40(33)44)30-16-9-15-28-29-22-21-24-11-3-6-14-27(24)38(29)43-39(28)30/h3-23,43H,1-2H3. The molecule has 0 unspecified atom stereocenters. The first-order valence-corrected chi connectivity index (χ1v) is 15.5. The fraction of sp³-hybridized carbons (Fsp3) is 0.0732. The number of aromatic amines is 1. The molecule has 0 atom stereocenters. The number of hydrogen-bond donors (Lipinski definition) is 1. The molecule has 2 aliphatic heterocycles. The molecule has 0 fully saturated rings. The third-order valence-corrected chi connectivity index (χ3v) is 10.2. The van der Waals surface area contributed by atoms with Crippen molar-refractivity contribution in [2.24, 2.45) is 0 Å². The van der Waals surface area contributed by atoms with Crippen LogP contribution in [0.2, 0.25) is 0 Å². The second kappa shape index (κ2) is 8.42. The Morgan fingerprint density at radius 1 is 0.568 bits per heavy atom. The molecule has 7 aromatic carbocycles. The molecule has 44 heavy (non-hydrogen) atoms. The minimum atomic E-state index is -0.0951. The summed E-state index contributed by atoms with van der Waals surface area (Å²) in [6.45, 7) is 4.72. The molecular formula is C41H28BN2. The minimum Gasteiger partial charge on any atom is -0.353 e. The minimum absolute atomic E-state index is 0.0951. The first-order valence-electron chi connectivity index (χ1n) is 15.5. The van der Waals surface area contributed by atoms with E-state index in [1.807, 2.05) is 0 Å². The molecule has 2 aliphatic rings.